The van der Waals surface area contributed by atoms with Crippen LogP contribution in [0.15, 0.2) is 24.5 Å². The molecule has 0 aromatic carbocycles. The predicted octanol–water partition coefficient (Wildman–Crippen LogP) is 0.968. The normalized spacial score (nSPS) is 15.0. The number of hydrogen-bond acceptors (Lipinski definition) is 7. The Morgan fingerprint density at radius 3 is 2.14 bits per heavy atom. The average molecular weight is 299 g/mol. The summed E-state index contributed by atoms with van der Waals surface area (Å²) >= 11 is 0. The highest BCUT2D eigenvalue weighted by Gasteiger charge is 2.19. The smallest absolute Gasteiger partial charge is 0.151 e. The molecular formula is C15H21N7. The second-order valence-corrected chi connectivity index (χ2v) is 5.64. The van der Waals surface area contributed by atoms with Gasteiger partial charge in [-0.05, 0) is 19.1 Å². The maximum Gasteiger partial charge on any atom is 0.151 e. The highest BCUT2D eigenvalue weighted by atomic mass is 15.3. The van der Waals surface area contributed by atoms with Gasteiger partial charge in [0, 0.05) is 52.0 Å². The summed E-state index contributed by atoms with van der Waals surface area (Å²) in [6.45, 7) is 5.67. The van der Waals surface area contributed by atoms with Gasteiger partial charge in [0.15, 0.2) is 11.6 Å². The molecule has 0 atom stereocenters. The number of hydrogen-bond donors (Lipinski definition) is 0. The molecule has 7 nitrogen and oxygen atoms in total. The van der Waals surface area contributed by atoms with Crippen molar-refractivity contribution >= 4 is 17.5 Å². The van der Waals surface area contributed by atoms with Crippen LogP contribution in [0.2, 0.25) is 0 Å². The summed E-state index contributed by atoms with van der Waals surface area (Å²) in [4.78, 5) is 15.0. The van der Waals surface area contributed by atoms with Gasteiger partial charge in [-0.1, -0.05) is 0 Å². The van der Waals surface area contributed by atoms with E-state index in [0.29, 0.717) is 0 Å². The maximum absolute atomic E-state index is 4.35. The lowest BCUT2D eigenvalue weighted by atomic mass is 10.3. The third-order valence-electron chi connectivity index (χ3n) is 3.81. The molecule has 3 heterocycles. The van der Waals surface area contributed by atoms with E-state index >= 15 is 0 Å². The minimum absolute atomic E-state index is 0.874. The molecule has 3 rings (SSSR count). The molecule has 2 aromatic rings. The lowest BCUT2D eigenvalue weighted by Crippen LogP contribution is -2.47. The zero-order chi connectivity index (χ0) is 15.5. The summed E-state index contributed by atoms with van der Waals surface area (Å²) in [5, 5.41) is 8.57. The fourth-order valence-electron chi connectivity index (χ4n) is 2.50. The Hall–Kier alpha value is -2.44. The van der Waals surface area contributed by atoms with Crippen LogP contribution in [-0.2, 0) is 0 Å². The number of aryl methyl sites for hydroxylation is 1. The SMILES string of the molecule is Cc1cc(N2CCN(c3ccc(N(C)C)nn3)CC2)ncn1. The van der Waals surface area contributed by atoms with Crippen molar-refractivity contribution in [1.29, 1.82) is 0 Å². The molecule has 0 saturated carbocycles. The van der Waals surface area contributed by atoms with Crippen molar-refractivity contribution in [2.24, 2.45) is 0 Å². The molecule has 1 aliphatic heterocycles. The molecule has 0 unspecified atom stereocenters. The van der Waals surface area contributed by atoms with Gasteiger partial charge in [-0.15, -0.1) is 10.2 Å². The second-order valence-electron chi connectivity index (χ2n) is 5.64. The molecule has 1 aliphatic rings. The third kappa shape index (κ3) is 3.08. The van der Waals surface area contributed by atoms with Crippen molar-refractivity contribution in [2.45, 2.75) is 6.92 Å². The van der Waals surface area contributed by atoms with Crippen LogP contribution in [0, 0.1) is 6.92 Å². The van der Waals surface area contributed by atoms with E-state index in [2.05, 4.69) is 30.0 Å². The second kappa shape index (κ2) is 6.13. The molecule has 116 valence electrons. The number of rotatable bonds is 3. The highest BCUT2D eigenvalue weighted by Crippen LogP contribution is 2.18. The highest BCUT2D eigenvalue weighted by molar-refractivity contribution is 5.47. The summed E-state index contributed by atoms with van der Waals surface area (Å²) < 4.78 is 0. The monoisotopic (exact) mass is 299 g/mol. The van der Waals surface area contributed by atoms with Gasteiger partial charge >= 0.3 is 0 Å². The summed E-state index contributed by atoms with van der Waals surface area (Å²) in [5.74, 6) is 2.81. The first-order chi connectivity index (χ1) is 10.6. The van der Waals surface area contributed by atoms with E-state index in [9.17, 15) is 0 Å². The van der Waals surface area contributed by atoms with E-state index in [0.717, 1.165) is 49.3 Å². The molecule has 1 fully saturated rings. The van der Waals surface area contributed by atoms with Crippen LogP contribution in [-0.4, -0.2) is 60.4 Å². The topological polar surface area (TPSA) is 61.3 Å². The van der Waals surface area contributed by atoms with Gasteiger partial charge in [-0.3, -0.25) is 0 Å². The number of piperazine rings is 1. The van der Waals surface area contributed by atoms with Crippen LogP contribution in [0.3, 0.4) is 0 Å². The minimum atomic E-state index is 0.874. The minimum Gasteiger partial charge on any atom is -0.361 e. The Kier molecular flexibility index (Phi) is 4.04. The van der Waals surface area contributed by atoms with Crippen LogP contribution in [0.1, 0.15) is 5.69 Å². The molecule has 0 bridgehead atoms. The molecular weight excluding hydrogens is 278 g/mol. The molecule has 0 aliphatic carbocycles. The van der Waals surface area contributed by atoms with Crippen LogP contribution in [0.5, 0.6) is 0 Å². The van der Waals surface area contributed by atoms with E-state index in [4.69, 9.17) is 0 Å². The number of aromatic nitrogens is 4. The lowest BCUT2D eigenvalue weighted by Gasteiger charge is -2.35. The Morgan fingerprint density at radius 1 is 0.909 bits per heavy atom. The van der Waals surface area contributed by atoms with E-state index in [-0.39, 0.29) is 0 Å². The van der Waals surface area contributed by atoms with Gasteiger partial charge in [-0.2, -0.15) is 0 Å². The molecule has 0 N–H and O–H groups in total. The zero-order valence-electron chi connectivity index (χ0n) is 13.3. The van der Waals surface area contributed by atoms with Crippen LogP contribution in [0.4, 0.5) is 17.5 Å². The predicted molar refractivity (Wildman–Crippen MR) is 87.6 cm³/mol. The van der Waals surface area contributed by atoms with Gasteiger partial charge in [0.1, 0.15) is 12.1 Å². The first-order valence-electron chi connectivity index (χ1n) is 7.43. The van der Waals surface area contributed by atoms with E-state index in [1.54, 1.807) is 6.33 Å². The van der Waals surface area contributed by atoms with Gasteiger partial charge in [-0.25, -0.2) is 9.97 Å². The zero-order valence-corrected chi connectivity index (χ0v) is 13.3. The fraction of sp³-hybridized carbons (Fsp3) is 0.467. The Morgan fingerprint density at radius 2 is 1.59 bits per heavy atom. The fourth-order valence-corrected chi connectivity index (χ4v) is 2.50. The Bertz CT molecular complexity index is 618. The average Bonchev–Trinajstić information content (AvgIpc) is 2.55. The van der Waals surface area contributed by atoms with E-state index < -0.39 is 0 Å². The van der Waals surface area contributed by atoms with Crippen molar-refractivity contribution in [3.8, 4) is 0 Å². The number of nitrogens with zero attached hydrogens (tertiary/aromatic N) is 7. The van der Waals surface area contributed by atoms with Crippen molar-refractivity contribution in [3.05, 3.63) is 30.2 Å². The quantitative estimate of drug-likeness (QED) is 0.836. The summed E-state index contributed by atoms with van der Waals surface area (Å²) in [5.41, 5.74) is 0.998. The molecule has 7 heteroatoms. The summed E-state index contributed by atoms with van der Waals surface area (Å²) in [7, 11) is 3.93. The van der Waals surface area contributed by atoms with E-state index in [1.807, 2.05) is 44.1 Å². The molecule has 0 radical (unpaired) electrons. The van der Waals surface area contributed by atoms with Crippen LogP contribution < -0.4 is 14.7 Å². The van der Waals surface area contributed by atoms with Crippen molar-refractivity contribution in [2.75, 3.05) is 55.0 Å². The van der Waals surface area contributed by atoms with Gasteiger partial charge in [0.05, 0.1) is 0 Å². The standard InChI is InChI=1S/C15H21N7/c1-12-10-15(17-11-16-12)22-8-6-21(7-9-22)14-5-4-13(18-19-14)20(2)3/h4-5,10-11H,6-9H2,1-3H3. The third-order valence-corrected chi connectivity index (χ3v) is 3.81. The summed E-state index contributed by atoms with van der Waals surface area (Å²) in [6, 6.07) is 6.07. The van der Waals surface area contributed by atoms with Crippen LogP contribution >= 0.6 is 0 Å². The van der Waals surface area contributed by atoms with Crippen LogP contribution in [0.25, 0.3) is 0 Å². The molecule has 22 heavy (non-hydrogen) atoms. The van der Waals surface area contributed by atoms with Crippen molar-refractivity contribution in [1.82, 2.24) is 20.2 Å². The molecule has 1 saturated heterocycles. The van der Waals surface area contributed by atoms with Gasteiger partial charge in [0.2, 0.25) is 0 Å². The Labute approximate surface area is 130 Å². The molecule has 0 amide bonds. The maximum atomic E-state index is 4.35. The first-order valence-corrected chi connectivity index (χ1v) is 7.43. The number of anilines is 3. The van der Waals surface area contributed by atoms with Gasteiger partial charge in [0.25, 0.3) is 0 Å². The van der Waals surface area contributed by atoms with Crippen molar-refractivity contribution in [3.63, 3.8) is 0 Å². The van der Waals surface area contributed by atoms with Gasteiger partial charge < -0.3 is 14.7 Å². The Balaban J connectivity index is 1.64. The summed E-state index contributed by atoms with van der Waals surface area (Å²) in [6.07, 6.45) is 1.63. The molecule has 0 spiro atoms. The van der Waals surface area contributed by atoms with Crippen molar-refractivity contribution < 1.29 is 0 Å². The van der Waals surface area contributed by atoms with E-state index in [1.165, 1.54) is 0 Å². The first kappa shape index (κ1) is 14.5. The molecule has 2 aromatic heterocycles. The lowest BCUT2D eigenvalue weighted by molar-refractivity contribution is 0.637. The largest absolute Gasteiger partial charge is 0.361 e.